The number of aromatic nitrogens is 1. The molecule has 190 valence electrons. The first-order valence-electron chi connectivity index (χ1n) is 11.8. The summed E-state index contributed by atoms with van der Waals surface area (Å²) >= 11 is 3.54. The normalized spacial score (nSPS) is 16.3. The number of aromatic hydroxyl groups is 2. The van der Waals surface area contributed by atoms with Crippen LogP contribution in [0.1, 0.15) is 42.6 Å². The maximum Gasteiger partial charge on any atom is 0.254 e. The molecule has 1 aromatic heterocycles. The van der Waals surface area contributed by atoms with Crippen molar-refractivity contribution in [2.24, 2.45) is 15.9 Å². The molecule has 0 bridgehead atoms. The van der Waals surface area contributed by atoms with Crippen LogP contribution in [0.5, 0.6) is 11.5 Å². The number of allylic oxidation sites excluding steroid dienone is 4. The standard InChI is InChI=1S/C27H32BrN5O3/c1-18(31-16-20-5-4-8-30-15-20)11-26(32-19(2)25(28)17-29-3)21-6-9-33(10-7-21)27(36)22-12-23(34)14-24(35)13-22/h4-5,8,11-15,17,21,31,34-35H,6-7,9-10,16H2,1-3H3/b18-11+,25-19-,29-17?,32-26+. The first-order valence-corrected chi connectivity index (χ1v) is 12.6. The number of benzene rings is 1. The predicted octanol–water partition coefficient (Wildman–Crippen LogP) is 4.81. The van der Waals surface area contributed by atoms with E-state index >= 15 is 0 Å². The number of likely N-dealkylation sites (tertiary alicyclic amines) is 1. The maximum atomic E-state index is 12.9. The van der Waals surface area contributed by atoms with Crippen molar-refractivity contribution >= 4 is 33.8 Å². The van der Waals surface area contributed by atoms with E-state index in [0.29, 0.717) is 19.6 Å². The van der Waals surface area contributed by atoms with E-state index in [1.807, 2.05) is 32.2 Å². The summed E-state index contributed by atoms with van der Waals surface area (Å²) in [6.45, 7) is 5.71. The number of piperidine rings is 1. The van der Waals surface area contributed by atoms with Gasteiger partial charge in [-0.15, -0.1) is 0 Å². The lowest BCUT2D eigenvalue weighted by atomic mass is 9.90. The SMILES string of the molecule is CN=C/C(Br)=C(C)/N=C(\C=C(/C)NCc1cccnc1)C1CCN(C(=O)c2cc(O)cc(O)c2)CC1. The zero-order valence-corrected chi connectivity index (χ0v) is 22.4. The lowest BCUT2D eigenvalue weighted by Gasteiger charge is -2.32. The van der Waals surface area contributed by atoms with Crippen LogP contribution in [0.4, 0.5) is 0 Å². The summed E-state index contributed by atoms with van der Waals surface area (Å²) in [6.07, 6.45) is 8.87. The Balaban J connectivity index is 1.76. The van der Waals surface area contributed by atoms with Crippen molar-refractivity contribution in [3.63, 3.8) is 0 Å². The second kappa shape index (κ2) is 13.0. The van der Waals surface area contributed by atoms with Gasteiger partial charge in [0, 0.05) is 74.2 Å². The number of halogens is 1. The van der Waals surface area contributed by atoms with Crippen molar-refractivity contribution < 1.29 is 15.0 Å². The zero-order chi connectivity index (χ0) is 26.1. The van der Waals surface area contributed by atoms with Crippen molar-refractivity contribution in [3.8, 4) is 11.5 Å². The molecule has 2 heterocycles. The van der Waals surface area contributed by atoms with E-state index in [0.717, 1.165) is 40.0 Å². The number of carbonyl (C=O) groups is 1. The summed E-state index contributed by atoms with van der Waals surface area (Å²) in [5.41, 5.74) is 4.11. The van der Waals surface area contributed by atoms with Gasteiger partial charge in [0.05, 0.1) is 10.2 Å². The Hall–Kier alpha value is -3.46. The molecule has 3 N–H and O–H groups in total. The Morgan fingerprint density at radius 3 is 2.53 bits per heavy atom. The highest BCUT2D eigenvalue weighted by atomic mass is 79.9. The Labute approximate surface area is 220 Å². The molecule has 0 spiro atoms. The van der Waals surface area contributed by atoms with Gasteiger partial charge in [0.2, 0.25) is 0 Å². The summed E-state index contributed by atoms with van der Waals surface area (Å²) in [7, 11) is 1.71. The fourth-order valence-electron chi connectivity index (χ4n) is 3.99. The molecule has 0 atom stereocenters. The van der Waals surface area contributed by atoms with Crippen molar-refractivity contribution in [1.82, 2.24) is 15.2 Å². The van der Waals surface area contributed by atoms with E-state index in [9.17, 15) is 15.0 Å². The molecule has 1 aliphatic heterocycles. The Morgan fingerprint density at radius 2 is 1.92 bits per heavy atom. The zero-order valence-electron chi connectivity index (χ0n) is 20.8. The molecular weight excluding hydrogens is 522 g/mol. The average molecular weight is 554 g/mol. The quantitative estimate of drug-likeness (QED) is 0.406. The maximum absolute atomic E-state index is 12.9. The number of carbonyl (C=O) groups excluding carboxylic acids is 1. The van der Waals surface area contributed by atoms with E-state index in [-0.39, 0.29) is 28.9 Å². The highest BCUT2D eigenvalue weighted by Crippen LogP contribution is 2.26. The third-order valence-corrected chi connectivity index (χ3v) is 6.67. The number of nitrogens with one attached hydrogen (secondary N) is 1. The fraction of sp³-hybridized carbons (Fsp3) is 0.333. The molecule has 1 fully saturated rings. The first-order chi connectivity index (χ1) is 17.3. The molecule has 8 nitrogen and oxygen atoms in total. The smallest absolute Gasteiger partial charge is 0.254 e. The summed E-state index contributed by atoms with van der Waals surface area (Å²) in [5, 5.41) is 22.9. The lowest BCUT2D eigenvalue weighted by Crippen LogP contribution is -2.40. The first kappa shape index (κ1) is 27.1. The van der Waals surface area contributed by atoms with Crippen molar-refractivity contribution in [2.45, 2.75) is 33.2 Å². The second-order valence-electron chi connectivity index (χ2n) is 8.70. The summed E-state index contributed by atoms with van der Waals surface area (Å²) in [5.74, 6) is -0.312. The van der Waals surface area contributed by atoms with Gasteiger partial charge in [-0.2, -0.15) is 0 Å². The van der Waals surface area contributed by atoms with Gasteiger partial charge in [-0.3, -0.25) is 19.8 Å². The van der Waals surface area contributed by atoms with Crippen LogP contribution in [-0.4, -0.2) is 58.1 Å². The summed E-state index contributed by atoms with van der Waals surface area (Å²) in [4.78, 5) is 27.8. The monoisotopic (exact) mass is 553 g/mol. The molecule has 3 rings (SSSR count). The number of hydrogen-bond acceptors (Lipinski definition) is 7. The number of rotatable bonds is 8. The minimum atomic E-state index is -0.207. The van der Waals surface area contributed by atoms with Gasteiger partial charge in [-0.25, -0.2) is 0 Å². The number of pyridine rings is 1. The Morgan fingerprint density at radius 1 is 1.22 bits per heavy atom. The van der Waals surface area contributed by atoms with Gasteiger partial charge >= 0.3 is 0 Å². The van der Waals surface area contributed by atoms with Crippen LogP contribution >= 0.6 is 15.9 Å². The molecule has 1 aromatic carbocycles. The molecule has 0 unspecified atom stereocenters. The largest absolute Gasteiger partial charge is 0.508 e. The third-order valence-electron chi connectivity index (χ3n) is 5.89. The van der Waals surface area contributed by atoms with Crippen LogP contribution in [0.3, 0.4) is 0 Å². The van der Waals surface area contributed by atoms with Crippen LogP contribution in [-0.2, 0) is 6.54 Å². The fourth-order valence-corrected chi connectivity index (χ4v) is 4.29. The second-order valence-corrected chi connectivity index (χ2v) is 9.56. The number of aliphatic imine (C=N–C) groups is 2. The minimum absolute atomic E-state index is 0.134. The molecule has 1 saturated heterocycles. The lowest BCUT2D eigenvalue weighted by molar-refractivity contribution is 0.0709. The number of phenols is 2. The third kappa shape index (κ3) is 7.78. The summed E-state index contributed by atoms with van der Waals surface area (Å²) in [6, 6.07) is 7.90. The van der Waals surface area contributed by atoms with E-state index in [1.165, 1.54) is 18.2 Å². The highest BCUT2D eigenvalue weighted by molar-refractivity contribution is 9.12. The van der Waals surface area contributed by atoms with Crippen LogP contribution in [0.2, 0.25) is 0 Å². The van der Waals surface area contributed by atoms with Crippen LogP contribution in [0, 0.1) is 5.92 Å². The number of phenolic OH excluding ortho intramolecular Hbond substituents is 2. The van der Waals surface area contributed by atoms with Crippen molar-refractivity contribution in [1.29, 1.82) is 0 Å². The van der Waals surface area contributed by atoms with Gasteiger partial charge < -0.3 is 20.4 Å². The molecule has 1 amide bonds. The molecule has 9 heteroatoms. The van der Waals surface area contributed by atoms with Crippen molar-refractivity contribution in [3.05, 3.63) is 75.8 Å². The van der Waals surface area contributed by atoms with Crippen LogP contribution in [0.25, 0.3) is 0 Å². The molecule has 36 heavy (non-hydrogen) atoms. The molecule has 2 aromatic rings. The van der Waals surface area contributed by atoms with Gasteiger partial charge in [-0.05, 0) is 72.5 Å². The van der Waals surface area contributed by atoms with E-state index in [1.54, 1.807) is 24.4 Å². The van der Waals surface area contributed by atoms with Crippen molar-refractivity contribution in [2.75, 3.05) is 20.1 Å². The Bertz CT molecular complexity index is 1160. The van der Waals surface area contributed by atoms with Crippen LogP contribution < -0.4 is 5.32 Å². The molecule has 1 aliphatic rings. The van der Waals surface area contributed by atoms with Gasteiger partial charge in [0.1, 0.15) is 11.5 Å². The van der Waals surface area contributed by atoms with Crippen LogP contribution in [0.15, 0.2) is 74.7 Å². The number of nitrogens with zero attached hydrogens (tertiary/aromatic N) is 4. The molecule has 0 radical (unpaired) electrons. The van der Waals surface area contributed by atoms with E-state index in [2.05, 4.69) is 37.3 Å². The van der Waals surface area contributed by atoms with Gasteiger partial charge in [0.25, 0.3) is 5.91 Å². The summed E-state index contributed by atoms with van der Waals surface area (Å²) < 4.78 is 0.813. The van der Waals surface area contributed by atoms with E-state index in [4.69, 9.17) is 4.99 Å². The average Bonchev–Trinajstić information content (AvgIpc) is 2.87. The number of hydrogen-bond donors (Lipinski definition) is 3. The minimum Gasteiger partial charge on any atom is -0.508 e. The molecular formula is C27H32BrN5O3. The van der Waals surface area contributed by atoms with Gasteiger partial charge in [0.15, 0.2) is 0 Å². The molecule has 0 saturated carbocycles. The topological polar surface area (TPSA) is 110 Å². The predicted molar refractivity (Wildman–Crippen MR) is 147 cm³/mol. The Kier molecular flexibility index (Phi) is 9.81. The highest BCUT2D eigenvalue weighted by Gasteiger charge is 2.26. The van der Waals surface area contributed by atoms with Gasteiger partial charge in [-0.1, -0.05) is 6.07 Å². The number of amides is 1. The molecule has 0 aliphatic carbocycles. The van der Waals surface area contributed by atoms with E-state index < -0.39 is 0 Å².